The number of sulfonamides is 1. The second-order valence-electron chi connectivity index (χ2n) is 4.07. The van der Waals surface area contributed by atoms with Gasteiger partial charge in [0.25, 0.3) is 10.0 Å². The number of aromatic carboxylic acids is 1. The van der Waals surface area contributed by atoms with Crippen LogP contribution in [-0.2, 0) is 10.0 Å². The Bertz CT molecular complexity index is 771. The van der Waals surface area contributed by atoms with E-state index in [1.165, 1.54) is 24.3 Å². The first-order chi connectivity index (χ1) is 9.96. The van der Waals surface area contributed by atoms with Gasteiger partial charge in [0.05, 0.1) is 5.41 Å². The number of nitrogens with zero attached hydrogens (tertiary/aromatic N) is 1. The third kappa shape index (κ3) is 4.43. The van der Waals surface area contributed by atoms with E-state index in [1.54, 1.807) is 24.3 Å². The highest BCUT2D eigenvalue weighted by atomic mass is 32.2. The predicted octanol–water partition coefficient (Wildman–Crippen LogP) is 2.19. The number of rotatable bonds is 5. The van der Waals surface area contributed by atoms with Crippen molar-refractivity contribution in [2.45, 2.75) is 0 Å². The number of anilines is 1. The van der Waals surface area contributed by atoms with Crippen LogP contribution in [0.25, 0.3) is 6.08 Å². The first kappa shape index (κ1) is 14.7. The summed E-state index contributed by atoms with van der Waals surface area (Å²) in [6.45, 7) is 0. The molecule has 108 valence electrons. The summed E-state index contributed by atoms with van der Waals surface area (Å²) in [5.41, 5.74) is 0.498. The van der Waals surface area contributed by atoms with Gasteiger partial charge in [0, 0.05) is 0 Å². The summed E-state index contributed by atoms with van der Waals surface area (Å²) < 4.78 is 25.9. The largest absolute Gasteiger partial charge is 0.477 e. The molecular weight excluding hydrogens is 292 g/mol. The molecule has 1 heterocycles. The standard InChI is InChI=1S/C14H12N2O4S/c17-14(18)12-7-4-8-13(15-12)16-21(19,20)10-9-11-5-2-1-3-6-11/h1-10H,(H,15,16)(H,17,18). The van der Waals surface area contributed by atoms with E-state index in [9.17, 15) is 13.2 Å². The van der Waals surface area contributed by atoms with Crippen molar-refractivity contribution in [2.24, 2.45) is 0 Å². The molecule has 1 aromatic carbocycles. The number of pyridine rings is 1. The minimum atomic E-state index is -3.76. The number of benzene rings is 1. The first-order valence-corrected chi connectivity index (χ1v) is 7.47. The molecule has 2 rings (SSSR count). The Labute approximate surface area is 121 Å². The van der Waals surface area contributed by atoms with E-state index in [2.05, 4.69) is 9.71 Å². The zero-order chi connectivity index (χ0) is 15.3. The second kappa shape index (κ2) is 6.19. The lowest BCUT2D eigenvalue weighted by molar-refractivity contribution is 0.0690. The molecule has 0 aliphatic heterocycles. The molecule has 7 heteroatoms. The van der Waals surface area contributed by atoms with Crippen molar-refractivity contribution in [3.05, 3.63) is 65.2 Å². The van der Waals surface area contributed by atoms with Crippen LogP contribution >= 0.6 is 0 Å². The minimum absolute atomic E-state index is 0.0485. The Kier molecular flexibility index (Phi) is 4.34. The number of nitrogens with one attached hydrogen (secondary N) is 1. The number of carboxylic acids is 1. The molecule has 21 heavy (non-hydrogen) atoms. The highest BCUT2D eigenvalue weighted by molar-refractivity contribution is 7.95. The minimum Gasteiger partial charge on any atom is -0.477 e. The molecular formula is C14H12N2O4S. The SMILES string of the molecule is O=C(O)c1cccc(NS(=O)(=O)C=Cc2ccccc2)n1. The third-order valence-electron chi connectivity index (χ3n) is 2.45. The van der Waals surface area contributed by atoms with Crippen LogP contribution in [0.3, 0.4) is 0 Å². The number of aromatic nitrogens is 1. The predicted molar refractivity (Wildman–Crippen MR) is 79.2 cm³/mol. The van der Waals surface area contributed by atoms with Gasteiger partial charge in [-0.1, -0.05) is 36.4 Å². The molecule has 0 saturated carbocycles. The quantitative estimate of drug-likeness (QED) is 0.882. The van der Waals surface area contributed by atoms with Crippen molar-refractivity contribution in [3.8, 4) is 0 Å². The van der Waals surface area contributed by atoms with Crippen LogP contribution in [0.2, 0.25) is 0 Å². The Hall–Kier alpha value is -2.67. The third-order valence-corrected chi connectivity index (χ3v) is 3.44. The van der Waals surface area contributed by atoms with Crippen LogP contribution in [-0.4, -0.2) is 24.5 Å². The normalized spacial score (nSPS) is 11.4. The fourth-order valence-electron chi connectivity index (χ4n) is 1.52. The van der Waals surface area contributed by atoms with E-state index in [4.69, 9.17) is 5.11 Å². The Balaban J connectivity index is 2.16. The first-order valence-electron chi connectivity index (χ1n) is 5.92. The fourth-order valence-corrected chi connectivity index (χ4v) is 2.33. The highest BCUT2D eigenvalue weighted by Crippen LogP contribution is 2.09. The molecule has 0 spiro atoms. The van der Waals surface area contributed by atoms with Gasteiger partial charge in [-0.3, -0.25) is 4.72 Å². The number of hydrogen-bond donors (Lipinski definition) is 2. The molecule has 6 nitrogen and oxygen atoms in total. The van der Waals surface area contributed by atoms with Crippen LogP contribution in [0.1, 0.15) is 16.1 Å². The average molecular weight is 304 g/mol. The molecule has 0 radical (unpaired) electrons. The lowest BCUT2D eigenvalue weighted by Crippen LogP contribution is -2.11. The van der Waals surface area contributed by atoms with Crippen molar-refractivity contribution < 1.29 is 18.3 Å². The van der Waals surface area contributed by atoms with Gasteiger partial charge >= 0.3 is 5.97 Å². The highest BCUT2D eigenvalue weighted by Gasteiger charge is 2.09. The molecule has 0 atom stereocenters. The second-order valence-corrected chi connectivity index (χ2v) is 5.64. The zero-order valence-electron chi connectivity index (χ0n) is 10.8. The molecule has 0 unspecified atom stereocenters. The molecule has 0 saturated heterocycles. The summed E-state index contributed by atoms with van der Waals surface area (Å²) >= 11 is 0. The van der Waals surface area contributed by atoms with E-state index in [0.717, 1.165) is 11.0 Å². The summed E-state index contributed by atoms with van der Waals surface area (Å²) in [7, 11) is -3.76. The number of carbonyl (C=O) groups is 1. The van der Waals surface area contributed by atoms with Gasteiger partial charge < -0.3 is 5.11 Å². The zero-order valence-corrected chi connectivity index (χ0v) is 11.6. The van der Waals surface area contributed by atoms with Gasteiger partial charge in [0.15, 0.2) is 5.69 Å². The van der Waals surface area contributed by atoms with Gasteiger partial charge in [-0.15, -0.1) is 0 Å². The summed E-state index contributed by atoms with van der Waals surface area (Å²) in [5, 5.41) is 9.80. The average Bonchev–Trinajstić information content (AvgIpc) is 2.46. The summed E-state index contributed by atoms with van der Waals surface area (Å²) in [4.78, 5) is 14.5. The van der Waals surface area contributed by atoms with Crippen LogP contribution in [0, 0.1) is 0 Å². The lowest BCUT2D eigenvalue weighted by Gasteiger charge is -2.04. The molecule has 0 fully saturated rings. The Morgan fingerprint density at radius 1 is 1.10 bits per heavy atom. The van der Waals surface area contributed by atoms with E-state index < -0.39 is 16.0 Å². The molecule has 0 aliphatic rings. The maximum Gasteiger partial charge on any atom is 0.354 e. The monoisotopic (exact) mass is 304 g/mol. The van der Waals surface area contributed by atoms with Crippen molar-refractivity contribution >= 4 is 27.9 Å². The topological polar surface area (TPSA) is 96.4 Å². The molecule has 2 N–H and O–H groups in total. The Morgan fingerprint density at radius 3 is 2.48 bits per heavy atom. The molecule has 2 aromatic rings. The van der Waals surface area contributed by atoms with Crippen molar-refractivity contribution in [1.29, 1.82) is 0 Å². The maximum atomic E-state index is 11.9. The van der Waals surface area contributed by atoms with Crippen LogP contribution in [0.15, 0.2) is 53.9 Å². The number of carboxylic acid groups (broad SMARTS) is 1. The van der Waals surface area contributed by atoms with Crippen molar-refractivity contribution in [2.75, 3.05) is 4.72 Å². The van der Waals surface area contributed by atoms with Gasteiger partial charge in [-0.25, -0.2) is 18.2 Å². The van der Waals surface area contributed by atoms with Crippen LogP contribution in [0.4, 0.5) is 5.82 Å². The fraction of sp³-hybridized carbons (Fsp3) is 0. The van der Waals surface area contributed by atoms with Gasteiger partial charge in [0.1, 0.15) is 5.82 Å². The molecule has 0 aliphatic carbocycles. The number of hydrogen-bond acceptors (Lipinski definition) is 4. The summed E-state index contributed by atoms with van der Waals surface area (Å²) in [6, 6.07) is 13.0. The van der Waals surface area contributed by atoms with Crippen molar-refractivity contribution in [3.63, 3.8) is 0 Å². The molecule has 0 amide bonds. The van der Waals surface area contributed by atoms with Gasteiger partial charge in [-0.2, -0.15) is 0 Å². The van der Waals surface area contributed by atoms with E-state index in [0.29, 0.717) is 0 Å². The van der Waals surface area contributed by atoms with Crippen LogP contribution < -0.4 is 4.72 Å². The van der Waals surface area contributed by atoms with Crippen LogP contribution in [0.5, 0.6) is 0 Å². The van der Waals surface area contributed by atoms with E-state index in [1.807, 2.05) is 6.07 Å². The summed E-state index contributed by atoms with van der Waals surface area (Å²) in [6.07, 6.45) is 1.43. The van der Waals surface area contributed by atoms with Gasteiger partial charge in [-0.05, 0) is 23.8 Å². The maximum absolute atomic E-state index is 11.9. The summed E-state index contributed by atoms with van der Waals surface area (Å²) in [5.74, 6) is -1.27. The van der Waals surface area contributed by atoms with E-state index in [-0.39, 0.29) is 11.5 Å². The molecule has 1 aromatic heterocycles. The Morgan fingerprint density at radius 2 is 1.81 bits per heavy atom. The smallest absolute Gasteiger partial charge is 0.354 e. The van der Waals surface area contributed by atoms with E-state index >= 15 is 0 Å². The van der Waals surface area contributed by atoms with Crippen molar-refractivity contribution in [1.82, 2.24) is 4.98 Å². The van der Waals surface area contributed by atoms with Gasteiger partial charge in [0.2, 0.25) is 0 Å². The lowest BCUT2D eigenvalue weighted by atomic mass is 10.2. The molecule has 0 bridgehead atoms.